The summed E-state index contributed by atoms with van der Waals surface area (Å²) in [7, 11) is 1.62. The number of hydrogen-bond acceptors (Lipinski definition) is 6. The Bertz CT molecular complexity index is 1130. The Balaban J connectivity index is 1.54. The van der Waals surface area contributed by atoms with Gasteiger partial charge in [0.1, 0.15) is 13.2 Å². The third kappa shape index (κ3) is 5.87. The van der Waals surface area contributed by atoms with Gasteiger partial charge in [-0.05, 0) is 52.9 Å². The van der Waals surface area contributed by atoms with Crippen LogP contribution in [-0.2, 0) is 11.2 Å². The first kappa shape index (κ1) is 25.3. The zero-order valence-electron chi connectivity index (χ0n) is 20.4. The van der Waals surface area contributed by atoms with Crippen molar-refractivity contribution in [1.82, 2.24) is 9.80 Å². The van der Waals surface area contributed by atoms with Crippen molar-refractivity contribution in [3.63, 3.8) is 0 Å². The zero-order valence-corrected chi connectivity index (χ0v) is 22.1. The van der Waals surface area contributed by atoms with Crippen LogP contribution in [0.4, 0.5) is 0 Å². The average Bonchev–Trinajstić information content (AvgIpc) is 3.59. The molecule has 35 heavy (non-hydrogen) atoms. The summed E-state index contributed by atoms with van der Waals surface area (Å²) in [5.74, 6) is 1.48. The maximum Gasteiger partial charge on any atom is 0.264 e. The molecule has 1 aliphatic heterocycles. The molecule has 0 saturated heterocycles. The van der Waals surface area contributed by atoms with Gasteiger partial charge in [-0.3, -0.25) is 9.59 Å². The van der Waals surface area contributed by atoms with Gasteiger partial charge in [-0.1, -0.05) is 38.5 Å². The molecule has 3 aromatic rings. The number of amides is 2. The summed E-state index contributed by atoms with van der Waals surface area (Å²) < 4.78 is 11.6. The molecular formula is C27H32N2O4S2. The minimum absolute atomic E-state index is 0.0521. The molecule has 0 bridgehead atoms. The van der Waals surface area contributed by atoms with Crippen LogP contribution in [0.1, 0.15) is 46.4 Å². The third-order valence-electron chi connectivity index (χ3n) is 6.46. The normalized spacial score (nSPS) is 15.9. The number of methoxy groups -OCH3 is 1. The Kier molecular flexibility index (Phi) is 8.46. The predicted molar refractivity (Wildman–Crippen MR) is 141 cm³/mol. The van der Waals surface area contributed by atoms with E-state index in [0.717, 1.165) is 18.4 Å². The van der Waals surface area contributed by atoms with E-state index in [-0.39, 0.29) is 24.4 Å². The second-order valence-corrected chi connectivity index (χ2v) is 10.7. The Morgan fingerprint density at radius 1 is 1.11 bits per heavy atom. The molecule has 0 saturated carbocycles. The Labute approximate surface area is 215 Å². The van der Waals surface area contributed by atoms with Gasteiger partial charge >= 0.3 is 0 Å². The molecule has 0 fully saturated rings. The van der Waals surface area contributed by atoms with Crippen molar-refractivity contribution in [2.24, 2.45) is 5.92 Å². The number of nitrogens with zero attached hydrogens (tertiary/aromatic N) is 2. The van der Waals surface area contributed by atoms with Crippen molar-refractivity contribution in [2.45, 2.75) is 32.7 Å². The number of carbonyl (C=O) groups is 2. The number of ether oxygens (including phenoxy) is 2. The van der Waals surface area contributed by atoms with E-state index < -0.39 is 0 Å². The smallest absolute Gasteiger partial charge is 0.264 e. The number of carbonyl (C=O) groups excluding carboxylic acids is 2. The maximum atomic E-state index is 13.7. The van der Waals surface area contributed by atoms with E-state index in [0.29, 0.717) is 42.0 Å². The van der Waals surface area contributed by atoms with Crippen molar-refractivity contribution in [3.8, 4) is 11.5 Å². The first-order chi connectivity index (χ1) is 17.0. The van der Waals surface area contributed by atoms with Crippen LogP contribution >= 0.6 is 22.7 Å². The molecule has 0 spiro atoms. The topological polar surface area (TPSA) is 59.1 Å². The summed E-state index contributed by atoms with van der Waals surface area (Å²) in [5, 5.41) is 3.97. The van der Waals surface area contributed by atoms with Crippen molar-refractivity contribution in [1.29, 1.82) is 0 Å². The molecular weight excluding hydrogens is 480 g/mol. The quantitative estimate of drug-likeness (QED) is 0.359. The fourth-order valence-corrected chi connectivity index (χ4v) is 5.94. The number of para-hydroxylation sites is 2. The third-order valence-corrected chi connectivity index (χ3v) is 8.31. The van der Waals surface area contributed by atoms with Gasteiger partial charge < -0.3 is 19.3 Å². The lowest BCUT2D eigenvalue weighted by Gasteiger charge is -2.37. The van der Waals surface area contributed by atoms with Gasteiger partial charge in [-0.2, -0.15) is 0 Å². The lowest BCUT2D eigenvalue weighted by molar-refractivity contribution is -0.135. The minimum atomic E-state index is -0.218. The van der Waals surface area contributed by atoms with Gasteiger partial charge in [-0.15, -0.1) is 22.7 Å². The zero-order chi connectivity index (χ0) is 24.8. The number of benzene rings is 1. The number of hydrogen-bond donors (Lipinski definition) is 0. The van der Waals surface area contributed by atoms with Crippen LogP contribution in [-0.4, -0.2) is 55.0 Å². The van der Waals surface area contributed by atoms with Gasteiger partial charge in [0.05, 0.1) is 18.0 Å². The Hall–Kier alpha value is -2.84. The first-order valence-corrected chi connectivity index (χ1v) is 13.7. The monoisotopic (exact) mass is 512 g/mol. The molecule has 2 aromatic heterocycles. The lowest BCUT2D eigenvalue weighted by atomic mass is 10.00. The summed E-state index contributed by atoms with van der Waals surface area (Å²) in [6, 6.07) is 13.1. The van der Waals surface area contributed by atoms with Crippen molar-refractivity contribution >= 4 is 34.5 Å². The highest BCUT2D eigenvalue weighted by molar-refractivity contribution is 7.12. The van der Waals surface area contributed by atoms with E-state index >= 15 is 0 Å². The molecule has 1 aromatic carbocycles. The van der Waals surface area contributed by atoms with E-state index in [1.54, 1.807) is 23.3 Å². The second kappa shape index (κ2) is 11.7. The largest absolute Gasteiger partial charge is 0.493 e. The van der Waals surface area contributed by atoms with Crippen LogP contribution in [0.3, 0.4) is 0 Å². The summed E-state index contributed by atoms with van der Waals surface area (Å²) in [6.07, 6.45) is 1.76. The summed E-state index contributed by atoms with van der Waals surface area (Å²) >= 11 is 3.13. The lowest BCUT2D eigenvalue weighted by Crippen LogP contribution is -2.48. The van der Waals surface area contributed by atoms with Gasteiger partial charge in [-0.25, -0.2) is 0 Å². The van der Waals surface area contributed by atoms with Crippen LogP contribution < -0.4 is 9.47 Å². The Morgan fingerprint density at radius 2 is 1.91 bits per heavy atom. The molecule has 0 N–H and O–H groups in total. The highest BCUT2D eigenvalue weighted by Gasteiger charge is 2.34. The molecule has 4 rings (SSSR count). The summed E-state index contributed by atoms with van der Waals surface area (Å²) in [4.78, 5) is 32.5. The SMILES string of the molecule is CC[C@H](C)CN(CC(=O)N1CCc2sccc2[C@@H]1COc1ccccc1OC)C(=O)c1cccs1. The van der Waals surface area contributed by atoms with Gasteiger partial charge in [0.25, 0.3) is 5.91 Å². The molecule has 2 atom stereocenters. The molecule has 3 heterocycles. The van der Waals surface area contributed by atoms with Gasteiger partial charge in [0, 0.05) is 18.0 Å². The summed E-state index contributed by atoms with van der Waals surface area (Å²) in [6.45, 7) is 5.76. The van der Waals surface area contributed by atoms with Crippen LogP contribution in [0.5, 0.6) is 11.5 Å². The van der Waals surface area contributed by atoms with E-state index in [1.807, 2.05) is 46.7 Å². The van der Waals surface area contributed by atoms with Crippen molar-refractivity contribution in [3.05, 3.63) is 68.5 Å². The first-order valence-electron chi connectivity index (χ1n) is 12.0. The molecule has 1 aliphatic rings. The Morgan fingerprint density at radius 3 is 2.63 bits per heavy atom. The molecule has 0 radical (unpaired) electrons. The minimum Gasteiger partial charge on any atom is -0.493 e. The number of fused-ring (bicyclic) bond motifs is 1. The van der Waals surface area contributed by atoms with Crippen LogP contribution in [0.25, 0.3) is 0 Å². The molecule has 0 unspecified atom stereocenters. The highest BCUT2D eigenvalue weighted by atomic mass is 32.1. The van der Waals surface area contributed by atoms with E-state index in [1.165, 1.54) is 16.2 Å². The predicted octanol–water partition coefficient (Wildman–Crippen LogP) is 5.51. The van der Waals surface area contributed by atoms with Crippen LogP contribution in [0.15, 0.2) is 53.2 Å². The molecule has 2 amide bonds. The van der Waals surface area contributed by atoms with Crippen LogP contribution in [0.2, 0.25) is 0 Å². The highest BCUT2D eigenvalue weighted by Crippen LogP contribution is 2.35. The van der Waals surface area contributed by atoms with Crippen LogP contribution in [0, 0.1) is 5.92 Å². The average molecular weight is 513 g/mol. The van der Waals surface area contributed by atoms with Gasteiger partial charge in [0.2, 0.25) is 5.91 Å². The second-order valence-electron chi connectivity index (χ2n) is 8.79. The number of thiophene rings is 2. The van der Waals surface area contributed by atoms with Crippen molar-refractivity contribution in [2.75, 3.05) is 33.4 Å². The molecule has 6 nitrogen and oxygen atoms in total. The number of rotatable bonds is 10. The fraction of sp³-hybridized carbons (Fsp3) is 0.407. The maximum absolute atomic E-state index is 13.7. The van der Waals surface area contributed by atoms with E-state index in [9.17, 15) is 9.59 Å². The van der Waals surface area contributed by atoms with E-state index in [4.69, 9.17) is 9.47 Å². The van der Waals surface area contributed by atoms with Crippen molar-refractivity contribution < 1.29 is 19.1 Å². The molecule has 0 aliphatic carbocycles. The summed E-state index contributed by atoms with van der Waals surface area (Å²) in [5.41, 5.74) is 1.13. The molecule has 186 valence electrons. The fourth-order valence-electron chi connectivity index (χ4n) is 4.32. The van der Waals surface area contributed by atoms with E-state index in [2.05, 4.69) is 25.3 Å². The van der Waals surface area contributed by atoms with Gasteiger partial charge in [0.15, 0.2) is 11.5 Å². The molecule has 8 heteroatoms. The standard InChI is InChI=1S/C27H32N2O4S2/c1-4-19(2)16-28(27(31)25-10-7-14-34-25)17-26(30)29-13-11-24-20(12-15-35-24)21(29)18-33-23-9-6-5-8-22(23)32-3/h5-10,12,14-15,19,21H,4,11,13,16-18H2,1-3H3/t19-,21-/m0/s1.